The minimum absolute atomic E-state index is 0.158. The van der Waals surface area contributed by atoms with Crippen molar-refractivity contribution in [3.8, 4) is 11.4 Å². The highest BCUT2D eigenvalue weighted by Crippen LogP contribution is 2.40. The van der Waals surface area contributed by atoms with Gasteiger partial charge in [-0.1, -0.05) is 93.9 Å². The number of hydrogen-bond acceptors (Lipinski definition) is 5. The van der Waals surface area contributed by atoms with Crippen LogP contribution < -0.4 is 0 Å². The molecule has 0 aliphatic rings. The fourth-order valence-electron chi connectivity index (χ4n) is 1.73. The van der Waals surface area contributed by atoms with Gasteiger partial charge in [0.1, 0.15) is 0 Å². The maximum Gasteiger partial charge on any atom is 0.330 e. The summed E-state index contributed by atoms with van der Waals surface area (Å²) in [4.78, 5) is 23.3. The van der Waals surface area contributed by atoms with Crippen molar-refractivity contribution < 1.29 is 9.53 Å². The lowest BCUT2D eigenvalue weighted by Gasteiger charge is -2.15. The van der Waals surface area contributed by atoms with Crippen molar-refractivity contribution >= 4 is 81.7 Å². The molecular weight excluding hydrogens is 467 g/mol. The van der Waals surface area contributed by atoms with E-state index in [1.54, 1.807) is 30.3 Å². The summed E-state index contributed by atoms with van der Waals surface area (Å²) in [6, 6.07) is 6.83. The van der Waals surface area contributed by atoms with E-state index in [-0.39, 0.29) is 17.5 Å². The van der Waals surface area contributed by atoms with Gasteiger partial charge >= 0.3 is 5.97 Å². The van der Waals surface area contributed by atoms with E-state index >= 15 is 0 Å². The molecule has 0 fully saturated rings. The quantitative estimate of drug-likeness (QED) is 0.339. The summed E-state index contributed by atoms with van der Waals surface area (Å²) in [5.74, 6) is -0.663. The van der Waals surface area contributed by atoms with E-state index in [1.165, 1.54) is 13.2 Å². The molecule has 0 spiro atoms. The fraction of sp³-hybridized carbons (Fsp3) is 0.200. The highest BCUT2D eigenvalue weighted by molar-refractivity contribution is 6.67. The van der Waals surface area contributed by atoms with Gasteiger partial charge in [0.05, 0.1) is 7.11 Å². The van der Waals surface area contributed by atoms with Crippen molar-refractivity contribution in [1.82, 2.24) is 15.0 Å². The van der Waals surface area contributed by atoms with Crippen molar-refractivity contribution in [2.45, 2.75) is 7.59 Å². The predicted octanol–water partition coefficient (Wildman–Crippen LogP) is 5.38. The monoisotopic (exact) mass is 473 g/mol. The first-order valence-corrected chi connectivity index (χ1v) is 9.04. The van der Waals surface area contributed by atoms with Gasteiger partial charge in [0.2, 0.25) is 7.59 Å². The largest absolute Gasteiger partial charge is 0.466 e. The summed E-state index contributed by atoms with van der Waals surface area (Å²) < 4.78 is 0.677. The first-order chi connectivity index (χ1) is 12.0. The van der Waals surface area contributed by atoms with Gasteiger partial charge < -0.3 is 4.74 Å². The Morgan fingerprint density at radius 2 is 1.42 bits per heavy atom. The lowest BCUT2D eigenvalue weighted by Crippen LogP contribution is -2.16. The van der Waals surface area contributed by atoms with Gasteiger partial charge in [-0.2, -0.15) is 0 Å². The molecule has 1 aromatic heterocycles. The maximum atomic E-state index is 11.1. The smallest absolute Gasteiger partial charge is 0.330 e. The minimum Gasteiger partial charge on any atom is -0.466 e. The van der Waals surface area contributed by atoms with Crippen LogP contribution in [0.1, 0.15) is 17.2 Å². The summed E-state index contributed by atoms with van der Waals surface area (Å²) in [6.45, 7) is 0. The lowest BCUT2D eigenvalue weighted by atomic mass is 10.1. The zero-order valence-electron chi connectivity index (χ0n) is 12.9. The molecule has 0 aliphatic heterocycles. The summed E-state index contributed by atoms with van der Waals surface area (Å²) >= 11 is 35.1. The lowest BCUT2D eigenvalue weighted by molar-refractivity contribution is -0.134. The van der Waals surface area contributed by atoms with Crippen molar-refractivity contribution in [2.24, 2.45) is 0 Å². The summed E-state index contributed by atoms with van der Waals surface area (Å²) in [7, 11) is 1.29. The number of alkyl halides is 6. The number of rotatable bonds is 3. The summed E-state index contributed by atoms with van der Waals surface area (Å²) in [6.07, 6.45) is 2.88. The van der Waals surface area contributed by atoms with Crippen LogP contribution in [0.15, 0.2) is 30.3 Å². The molecule has 0 radical (unpaired) electrons. The zero-order valence-corrected chi connectivity index (χ0v) is 17.4. The molecule has 138 valence electrons. The fourth-order valence-corrected chi connectivity index (χ4v) is 2.24. The Bertz CT molecular complexity index is 797. The van der Waals surface area contributed by atoms with Gasteiger partial charge in [0.25, 0.3) is 0 Å². The molecule has 0 N–H and O–H groups in total. The second-order valence-electron chi connectivity index (χ2n) is 4.78. The van der Waals surface area contributed by atoms with Crippen LogP contribution in [0.2, 0.25) is 0 Å². The van der Waals surface area contributed by atoms with Crippen LogP contribution in [0.25, 0.3) is 17.5 Å². The molecule has 26 heavy (non-hydrogen) atoms. The molecule has 0 saturated carbocycles. The van der Waals surface area contributed by atoms with E-state index in [0.29, 0.717) is 5.56 Å². The number of nitrogens with zero attached hydrogens (tertiary/aromatic N) is 3. The Balaban J connectivity index is 2.44. The van der Waals surface area contributed by atoms with Gasteiger partial charge in [0, 0.05) is 11.6 Å². The Kier molecular flexibility index (Phi) is 6.99. The molecule has 2 aromatic rings. The van der Waals surface area contributed by atoms with Gasteiger partial charge in [-0.3, -0.25) is 0 Å². The van der Waals surface area contributed by atoms with Crippen LogP contribution in [0.3, 0.4) is 0 Å². The van der Waals surface area contributed by atoms with Crippen LogP contribution >= 0.6 is 69.6 Å². The van der Waals surface area contributed by atoms with Crippen molar-refractivity contribution in [1.29, 1.82) is 0 Å². The highest BCUT2D eigenvalue weighted by atomic mass is 35.6. The van der Waals surface area contributed by atoms with Crippen LogP contribution in [0.4, 0.5) is 0 Å². The third-order valence-electron chi connectivity index (χ3n) is 2.92. The molecule has 5 nitrogen and oxygen atoms in total. The van der Waals surface area contributed by atoms with E-state index in [0.717, 1.165) is 5.56 Å². The molecule has 0 unspecified atom stereocenters. The number of methoxy groups -OCH3 is 1. The average Bonchev–Trinajstić information content (AvgIpc) is 2.58. The molecule has 0 aliphatic carbocycles. The number of carbonyl (C=O) groups is 1. The van der Waals surface area contributed by atoms with Gasteiger partial charge in [-0.25, -0.2) is 19.7 Å². The molecule has 0 saturated heterocycles. The second kappa shape index (κ2) is 8.46. The Hall–Kier alpha value is -0.820. The van der Waals surface area contributed by atoms with Gasteiger partial charge in [-0.05, 0) is 11.6 Å². The standard InChI is InChI=1S/C15H9Cl6N3O2/c1-26-10(25)7-4-8-2-5-9(6-3-8)11-22-12(14(16,17)18)24-13(23-11)15(19,20)21/h2-7H,1H3. The van der Waals surface area contributed by atoms with Crippen LogP contribution in [0.5, 0.6) is 0 Å². The molecule has 2 rings (SSSR count). The Morgan fingerprint density at radius 3 is 1.85 bits per heavy atom. The topological polar surface area (TPSA) is 65.0 Å². The number of hydrogen-bond donors (Lipinski definition) is 0. The second-order valence-corrected chi connectivity index (χ2v) is 9.34. The molecule has 11 heteroatoms. The van der Waals surface area contributed by atoms with E-state index < -0.39 is 13.6 Å². The predicted molar refractivity (Wildman–Crippen MR) is 105 cm³/mol. The van der Waals surface area contributed by atoms with Crippen molar-refractivity contribution in [2.75, 3.05) is 7.11 Å². The molecule has 0 bridgehead atoms. The number of halogens is 6. The maximum absolute atomic E-state index is 11.1. The normalized spacial score (nSPS) is 12.4. The third kappa shape index (κ3) is 5.84. The van der Waals surface area contributed by atoms with Crippen LogP contribution in [-0.2, 0) is 17.1 Å². The number of aromatic nitrogens is 3. The van der Waals surface area contributed by atoms with E-state index in [1.807, 2.05) is 0 Å². The molecule has 1 heterocycles. The summed E-state index contributed by atoms with van der Waals surface area (Å²) in [5, 5.41) is 0. The molecule has 1 aromatic carbocycles. The number of ether oxygens (including phenoxy) is 1. The average molecular weight is 476 g/mol. The molecule has 0 amide bonds. The van der Waals surface area contributed by atoms with Gasteiger partial charge in [-0.15, -0.1) is 0 Å². The van der Waals surface area contributed by atoms with E-state index in [9.17, 15) is 4.79 Å². The SMILES string of the molecule is COC(=O)C=Cc1ccc(-c2nc(C(Cl)(Cl)Cl)nc(C(Cl)(Cl)Cl)n2)cc1. The van der Waals surface area contributed by atoms with Crippen LogP contribution in [-0.4, -0.2) is 28.0 Å². The van der Waals surface area contributed by atoms with Gasteiger partial charge in [0.15, 0.2) is 17.5 Å². The first kappa shape index (κ1) is 21.5. The van der Waals surface area contributed by atoms with E-state index in [2.05, 4.69) is 19.7 Å². The highest BCUT2D eigenvalue weighted by Gasteiger charge is 2.33. The zero-order chi connectivity index (χ0) is 19.5. The molecule has 0 atom stereocenters. The van der Waals surface area contributed by atoms with Crippen molar-refractivity contribution in [3.63, 3.8) is 0 Å². The number of carbonyl (C=O) groups excluding carboxylic acids is 1. The van der Waals surface area contributed by atoms with Crippen molar-refractivity contribution in [3.05, 3.63) is 47.6 Å². The first-order valence-electron chi connectivity index (χ1n) is 6.77. The number of esters is 1. The summed E-state index contributed by atoms with van der Waals surface area (Å²) in [5.41, 5.74) is 1.31. The minimum atomic E-state index is -1.93. The third-order valence-corrected chi connectivity index (χ3v) is 3.94. The Labute approximate surface area is 179 Å². The van der Waals surface area contributed by atoms with E-state index in [4.69, 9.17) is 69.6 Å². The van der Waals surface area contributed by atoms with Crippen LogP contribution in [0, 0.1) is 0 Å². The Morgan fingerprint density at radius 1 is 0.923 bits per heavy atom. The molecular formula is C15H9Cl6N3O2. The number of benzene rings is 1.